The Hall–Kier alpha value is -3.03. The van der Waals surface area contributed by atoms with Gasteiger partial charge in [-0.05, 0) is 25.7 Å². The van der Waals surface area contributed by atoms with E-state index in [1.165, 1.54) is 18.3 Å². The molecule has 1 amide bonds. The van der Waals surface area contributed by atoms with Gasteiger partial charge in [0.1, 0.15) is 0 Å². The van der Waals surface area contributed by atoms with Gasteiger partial charge in [-0.3, -0.25) is 20.0 Å². The van der Waals surface area contributed by atoms with Crippen LogP contribution in [0.15, 0.2) is 29.4 Å². The van der Waals surface area contributed by atoms with E-state index in [2.05, 4.69) is 20.7 Å². The van der Waals surface area contributed by atoms with Crippen molar-refractivity contribution in [3.63, 3.8) is 0 Å². The normalized spacial score (nSPS) is 13.7. The molecule has 1 heterocycles. The second-order valence-electron chi connectivity index (χ2n) is 5.29. The number of carbonyl (C=O) groups excluding carboxylic acids is 1. The van der Waals surface area contributed by atoms with Crippen LogP contribution in [0.25, 0.3) is 0 Å². The minimum atomic E-state index is -0.480. The average Bonchev–Trinajstić information content (AvgIpc) is 2.99. The number of nitrogens with zero attached hydrogens (tertiary/aromatic N) is 3. The van der Waals surface area contributed by atoms with Gasteiger partial charge in [0, 0.05) is 29.0 Å². The van der Waals surface area contributed by atoms with Crippen molar-refractivity contribution in [2.45, 2.75) is 25.7 Å². The Kier molecular flexibility index (Phi) is 4.13. The van der Waals surface area contributed by atoms with Crippen molar-refractivity contribution in [2.75, 3.05) is 0 Å². The highest BCUT2D eigenvalue weighted by molar-refractivity contribution is 5.94. The quantitative estimate of drug-likeness (QED) is 0.510. The Morgan fingerprint density at radius 3 is 3.04 bits per heavy atom. The molecule has 0 unspecified atom stereocenters. The average molecular weight is 313 g/mol. The van der Waals surface area contributed by atoms with Gasteiger partial charge in [0.25, 0.3) is 11.6 Å². The third-order valence-corrected chi connectivity index (χ3v) is 3.73. The molecule has 0 aliphatic heterocycles. The lowest BCUT2D eigenvalue weighted by molar-refractivity contribution is -0.384. The van der Waals surface area contributed by atoms with Crippen LogP contribution in [0.2, 0.25) is 0 Å². The fraction of sp³-hybridized carbons (Fsp3) is 0.267. The Morgan fingerprint density at radius 2 is 2.22 bits per heavy atom. The van der Waals surface area contributed by atoms with E-state index in [4.69, 9.17) is 0 Å². The first-order valence-electron chi connectivity index (χ1n) is 7.29. The van der Waals surface area contributed by atoms with E-state index in [9.17, 15) is 14.9 Å². The van der Waals surface area contributed by atoms with E-state index in [-0.39, 0.29) is 11.6 Å². The van der Waals surface area contributed by atoms with E-state index in [1.54, 1.807) is 12.1 Å². The number of hydrogen-bond donors (Lipinski definition) is 2. The van der Waals surface area contributed by atoms with Crippen molar-refractivity contribution in [3.8, 4) is 0 Å². The van der Waals surface area contributed by atoms with Crippen LogP contribution in [0, 0.1) is 10.1 Å². The molecule has 2 aromatic rings. The molecular weight excluding hydrogens is 298 g/mol. The van der Waals surface area contributed by atoms with Crippen molar-refractivity contribution >= 4 is 17.8 Å². The van der Waals surface area contributed by atoms with Crippen LogP contribution < -0.4 is 5.43 Å². The summed E-state index contributed by atoms with van der Waals surface area (Å²) in [6, 6.07) is 6.00. The number of carbonyl (C=O) groups is 1. The zero-order chi connectivity index (χ0) is 16.2. The minimum Gasteiger partial charge on any atom is -0.281 e. The van der Waals surface area contributed by atoms with Crippen LogP contribution in [0.5, 0.6) is 0 Å². The number of fused-ring (bicyclic) bond motifs is 1. The van der Waals surface area contributed by atoms with Crippen molar-refractivity contribution in [1.82, 2.24) is 15.6 Å². The molecule has 118 valence electrons. The predicted molar refractivity (Wildman–Crippen MR) is 83.4 cm³/mol. The van der Waals surface area contributed by atoms with Crippen LogP contribution in [-0.2, 0) is 12.8 Å². The van der Waals surface area contributed by atoms with Gasteiger partial charge >= 0.3 is 0 Å². The number of hydrogen-bond acceptors (Lipinski definition) is 5. The number of nitro groups is 1. The maximum Gasteiger partial charge on any atom is 0.292 e. The van der Waals surface area contributed by atoms with E-state index in [1.807, 2.05) is 0 Å². The number of nitrogens with one attached hydrogen (secondary N) is 2. The van der Waals surface area contributed by atoms with E-state index < -0.39 is 4.92 Å². The molecule has 1 aliphatic rings. The van der Waals surface area contributed by atoms with Gasteiger partial charge in [-0.25, -0.2) is 5.43 Å². The molecule has 0 bridgehead atoms. The fourth-order valence-corrected chi connectivity index (χ4v) is 2.61. The number of aromatic nitrogens is 2. The minimum absolute atomic E-state index is 0.0263. The number of rotatable bonds is 4. The summed E-state index contributed by atoms with van der Waals surface area (Å²) in [6.45, 7) is 0. The maximum atomic E-state index is 12.1. The Morgan fingerprint density at radius 1 is 1.39 bits per heavy atom. The third kappa shape index (κ3) is 3.25. The van der Waals surface area contributed by atoms with Gasteiger partial charge in [-0.1, -0.05) is 12.1 Å². The molecular formula is C15H15N5O3. The molecule has 3 rings (SSSR count). The molecule has 0 fully saturated rings. The summed E-state index contributed by atoms with van der Waals surface area (Å²) in [6.07, 6.45) is 5.25. The summed E-state index contributed by atoms with van der Waals surface area (Å²) < 4.78 is 0. The summed E-state index contributed by atoms with van der Waals surface area (Å²) >= 11 is 0. The molecule has 8 heteroatoms. The molecule has 2 N–H and O–H groups in total. The molecule has 23 heavy (non-hydrogen) atoms. The number of non-ortho nitro benzene ring substituents is 1. The SMILES string of the molecule is O=C(NN=Cc1cccc([N+](=O)[O-])c1)c1n[nH]c2c1CCCC2. The zero-order valence-electron chi connectivity index (χ0n) is 12.3. The zero-order valence-corrected chi connectivity index (χ0v) is 12.3. The van der Waals surface area contributed by atoms with Crippen LogP contribution >= 0.6 is 0 Å². The van der Waals surface area contributed by atoms with Crippen molar-refractivity contribution < 1.29 is 9.72 Å². The summed E-state index contributed by atoms with van der Waals surface area (Å²) in [4.78, 5) is 22.4. The molecule has 0 spiro atoms. The van der Waals surface area contributed by atoms with Crippen molar-refractivity contribution in [3.05, 3.63) is 56.9 Å². The maximum absolute atomic E-state index is 12.1. The van der Waals surface area contributed by atoms with Gasteiger partial charge in [0.15, 0.2) is 5.69 Å². The largest absolute Gasteiger partial charge is 0.292 e. The van der Waals surface area contributed by atoms with Gasteiger partial charge in [0.05, 0.1) is 11.1 Å². The highest BCUT2D eigenvalue weighted by atomic mass is 16.6. The number of hydrazone groups is 1. The first kappa shape index (κ1) is 14.9. The third-order valence-electron chi connectivity index (χ3n) is 3.73. The molecule has 0 radical (unpaired) electrons. The molecule has 0 saturated carbocycles. The summed E-state index contributed by atoms with van der Waals surface area (Å²) in [5.74, 6) is -0.383. The molecule has 0 atom stereocenters. The van der Waals surface area contributed by atoms with Crippen molar-refractivity contribution in [2.24, 2.45) is 5.10 Å². The predicted octanol–water partition coefficient (Wildman–Crippen LogP) is 1.96. The van der Waals surface area contributed by atoms with Gasteiger partial charge in [-0.2, -0.15) is 10.2 Å². The van der Waals surface area contributed by atoms with Crippen LogP contribution in [-0.4, -0.2) is 27.2 Å². The standard InChI is InChI=1S/C15H15N5O3/c21-15(14-12-6-1-2-7-13(12)17-18-14)19-16-9-10-4-3-5-11(8-10)20(22)23/h3-5,8-9H,1-2,6-7H2,(H,17,18)(H,19,21). The number of benzene rings is 1. The van der Waals surface area contributed by atoms with E-state index in [0.29, 0.717) is 11.3 Å². The van der Waals surface area contributed by atoms with Crippen molar-refractivity contribution in [1.29, 1.82) is 0 Å². The molecule has 1 aliphatic carbocycles. The summed E-state index contributed by atoms with van der Waals surface area (Å²) in [7, 11) is 0. The topological polar surface area (TPSA) is 113 Å². The number of nitro benzene ring substituents is 1. The molecule has 8 nitrogen and oxygen atoms in total. The monoisotopic (exact) mass is 313 g/mol. The molecule has 1 aromatic heterocycles. The van der Waals surface area contributed by atoms with E-state index in [0.717, 1.165) is 36.9 Å². The Labute approximate surface area is 131 Å². The smallest absolute Gasteiger partial charge is 0.281 e. The lowest BCUT2D eigenvalue weighted by Crippen LogP contribution is -2.20. The summed E-state index contributed by atoms with van der Waals surface area (Å²) in [5, 5.41) is 21.5. The summed E-state index contributed by atoms with van der Waals surface area (Å²) in [5.41, 5.74) is 5.26. The first-order chi connectivity index (χ1) is 11.1. The number of aryl methyl sites for hydroxylation is 1. The number of H-pyrrole nitrogens is 1. The van der Waals surface area contributed by atoms with Crippen LogP contribution in [0.4, 0.5) is 5.69 Å². The second-order valence-corrected chi connectivity index (χ2v) is 5.29. The molecule has 1 aromatic carbocycles. The lowest BCUT2D eigenvalue weighted by Gasteiger charge is -2.10. The number of amides is 1. The van der Waals surface area contributed by atoms with Crippen LogP contribution in [0.3, 0.4) is 0 Å². The fourth-order valence-electron chi connectivity index (χ4n) is 2.61. The lowest BCUT2D eigenvalue weighted by atomic mass is 9.96. The Bertz CT molecular complexity index is 781. The highest BCUT2D eigenvalue weighted by Crippen LogP contribution is 2.21. The van der Waals surface area contributed by atoms with E-state index >= 15 is 0 Å². The second kappa shape index (κ2) is 6.39. The Balaban J connectivity index is 1.68. The number of aromatic amines is 1. The van der Waals surface area contributed by atoms with Gasteiger partial charge < -0.3 is 0 Å². The highest BCUT2D eigenvalue weighted by Gasteiger charge is 2.21. The van der Waals surface area contributed by atoms with Gasteiger partial charge in [0.2, 0.25) is 0 Å². The first-order valence-corrected chi connectivity index (χ1v) is 7.29. The molecule has 0 saturated heterocycles. The van der Waals surface area contributed by atoms with Crippen LogP contribution in [0.1, 0.15) is 40.2 Å². The van der Waals surface area contributed by atoms with Gasteiger partial charge in [-0.15, -0.1) is 0 Å².